The average molecular weight is 382 g/mol. The van der Waals surface area contributed by atoms with Crippen molar-refractivity contribution >= 4 is 45.6 Å². The van der Waals surface area contributed by atoms with Crippen LogP contribution >= 0.6 is 23.1 Å². The number of fused-ring (bicyclic) bond motifs is 3. The van der Waals surface area contributed by atoms with E-state index in [2.05, 4.69) is 66.4 Å². The van der Waals surface area contributed by atoms with Crippen LogP contribution in [-0.4, -0.2) is 11.7 Å². The van der Waals surface area contributed by atoms with E-state index in [1.807, 2.05) is 29.6 Å². The molecule has 26 heavy (non-hydrogen) atoms. The minimum atomic E-state index is 0.0925. The normalized spacial score (nSPS) is 15.5. The molecule has 1 aromatic heterocycles. The lowest BCUT2D eigenvalue weighted by Crippen LogP contribution is -2.27. The molecule has 5 heteroatoms. The Morgan fingerprint density at radius 2 is 2.04 bits per heavy atom. The number of thiazole rings is 1. The summed E-state index contributed by atoms with van der Waals surface area (Å²) in [6, 6.07) is 13.0. The minimum Gasteiger partial charge on any atom is -0.391 e. The predicted molar refractivity (Wildman–Crippen MR) is 111 cm³/mol. The third kappa shape index (κ3) is 3.07. The van der Waals surface area contributed by atoms with E-state index in [1.54, 1.807) is 11.3 Å². The molecule has 1 aliphatic rings. The molecule has 3 aromatic rings. The van der Waals surface area contributed by atoms with Crippen molar-refractivity contribution in [3.05, 3.63) is 69.7 Å². The Kier molecular flexibility index (Phi) is 4.85. The molecule has 0 bridgehead atoms. The van der Waals surface area contributed by atoms with Gasteiger partial charge in [-0.3, -0.25) is 0 Å². The third-order valence-corrected chi connectivity index (χ3v) is 6.73. The highest BCUT2D eigenvalue weighted by Gasteiger charge is 2.25. The van der Waals surface area contributed by atoms with Gasteiger partial charge in [-0.05, 0) is 24.5 Å². The van der Waals surface area contributed by atoms with Crippen LogP contribution in [-0.2, 0) is 13.7 Å². The van der Waals surface area contributed by atoms with E-state index in [9.17, 15) is 5.11 Å². The highest BCUT2D eigenvalue weighted by atomic mass is 32.2. The van der Waals surface area contributed by atoms with Gasteiger partial charge in [-0.25, -0.2) is 0 Å². The fourth-order valence-corrected chi connectivity index (χ4v) is 5.30. The zero-order chi connectivity index (χ0) is 18.1. The molecular formula is C21H21N2OS2+. The number of rotatable bonds is 4. The first-order chi connectivity index (χ1) is 12.7. The monoisotopic (exact) mass is 381 g/mol. The highest BCUT2D eigenvalue weighted by Crippen LogP contribution is 2.49. The largest absolute Gasteiger partial charge is 0.391 e. The second kappa shape index (κ2) is 7.27. The van der Waals surface area contributed by atoms with Crippen LogP contribution in [0.15, 0.2) is 64.7 Å². The maximum atomic E-state index is 9.28. The van der Waals surface area contributed by atoms with E-state index in [-0.39, 0.29) is 6.61 Å². The molecule has 4 rings (SSSR count). The number of aromatic nitrogens is 1. The van der Waals surface area contributed by atoms with Crippen molar-refractivity contribution in [3.8, 4) is 0 Å². The second-order valence-corrected chi connectivity index (χ2v) is 8.36. The van der Waals surface area contributed by atoms with Crippen molar-refractivity contribution in [3.63, 3.8) is 0 Å². The summed E-state index contributed by atoms with van der Waals surface area (Å²) in [5.41, 5.74) is 1.32. The summed E-state index contributed by atoms with van der Waals surface area (Å²) in [6.45, 7) is 3.23. The maximum absolute atomic E-state index is 9.28. The van der Waals surface area contributed by atoms with Gasteiger partial charge in [-0.1, -0.05) is 59.5 Å². The molecule has 0 saturated heterocycles. The Labute approximate surface area is 161 Å². The second-order valence-electron chi connectivity index (χ2n) is 6.15. The number of nitrogens with zero attached hydrogens (tertiary/aromatic N) is 2. The number of thioether (sulfide) groups is 1. The average Bonchev–Trinajstić information content (AvgIpc) is 3.21. The number of anilines is 1. The van der Waals surface area contributed by atoms with Gasteiger partial charge in [0, 0.05) is 22.9 Å². The molecule has 0 amide bonds. The smallest absolute Gasteiger partial charge is 0.261 e. The Morgan fingerprint density at radius 3 is 2.81 bits per heavy atom. The molecule has 0 spiro atoms. The molecule has 0 saturated carbocycles. The number of hydrogen-bond donors (Lipinski definition) is 1. The fraction of sp³-hybridized carbons (Fsp3) is 0.190. The zero-order valence-corrected chi connectivity index (χ0v) is 16.5. The first kappa shape index (κ1) is 17.3. The van der Waals surface area contributed by atoms with Gasteiger partial charge in [0.1, 0.15) is 7.05 Å². The molecule has 132 valence electrons. The molecule has 0 aliphatic carbocycles. The van der Waals surface area contributed by atoms with Crippen LogP contribution in [0.5, 0.6) is 0 Å². The lowest BCUT2D eigenvalue weighted by atomic mass is 10.1. The predicted octanol–water partition coefficient (Wildman–Crippen LogP) is 4.70. The highest BCUT2D eigenvalue weighted by molar-refractivity contribution is 8.03. The van der Waals surface area contributed by atoms with Crippen LogP contribution in [0, 0.1) is 0 Å². The third-order valence-electron chi connectivity index (χ3n) is 4.48. The number of aryl methyl sites for hydroxylation is 1. The number of allylic oxidation sites excluding steroid dienone is 2. The first-order valence-corrected chi connectivity index (χ1v) is 10.3. The van der Waals surface area contributed by atoms with Crippen molar-refractivity contribution in [2.45, 2.75) is 18.4 Å². The summed E-state index contributed by atoms with van der Waals surface area (Å²) in [5.74, 6) is 0. The van der Waals surface area contributed by atoms with Crippen LogP contribution < -0.4 is 9.47 Å². The SMILES string of the molecule is CCN1/C(=C/C=C\c2sc(CO)c[n+]2C)Sc2ccc3ccccc3c21. The Bertz CT molecular complexity index is 1020. The van der Waals surface area contributed by atoms with Gasteiger partial charge in [-0.15, -0.1) is 0 Å². The van der Waals surface area contributed by atoms with Gasteiger partial charge in [0.25, 0.3) is 5.01 Å². The molecule has 0 radical (unpaired) electrons. The lowest BCUT2D eigenvalue weighted by molar-refractivity contribution is -0.668. The Balaban J connectivity index is 1.67. The number of hydrogen-bond acceptors (Lipinski definition) is 4. The van der Waals surface area contributed by atoms with Gasteiger partial charge in [0.05, 0.1) is 22.2 Å². The topological polar surface area (TPSA) is 27.3 Å². The number of aliphatic hydroxyl groups excluding tert-OH is 1. The van der Waals surface area contributed by atoms with E-state index in [0.29, 0.717) is 0 Å². The van der Waals surface area contributed by atoms with Crippen LogP contribution in [0.2, 0.25) is 0 Å². The summed E-state index contributed by atoms with van der Waals surface area (Å²) >= 11 is 3.44. The zero-order valence-electron chi connectivity index (χ0n) is 14.8. The van der Waals surface area contributed by atoms with Crippen molar-refractivity contribution in [1.82, 2.24) is 0 Å². The summed E-state index contributed by atoms with van der Waals surface area (Å²) in [4.78, 5) is 4.68. The van der Waals surface area contributed by atoms with Crippen molar-refractivity contribution < 1.29 is 9.67 Å². The molecule has 1 aliphatic heterocycles. The van der Waals surface area contributed by atoms with Crippen LogP contribution in [0.4, 0.5) is 5.69 Å². The van der Waals surface area contributed by atoms with E-state index in [1.165, 1.54) is 26.4 Å². The molecule has 1 N–H and O–H groups in total. The van der Waals surface area contributed by atoms with Crippen molar-refractivity contribution in [1.29, 1.82) is 0 Å². The molecule has 2 aromatic carbocycles. The van der Waals surface area contributed by atoms with E-state index < -0.39 is 0 Å². The van der Waals surface area contributed by atoms with Crippen LogP contribution in [0.1, 0.15) is 16.8 Å². The Hall–Kier alpha value is -2.08. The molecular weight excluding hydrogens is 360 g/mol. The molecule has 3 nitrogen and oxygen atoms in total. The maximum Gasteiger partial charge on any atom is 0.261 e. The minimum absolute atomic E-state index is 0.0925. The van der Waals surface area contributed by atoms with Gasteiger partial charge >= 0.3 is 0 Å². The first-order valence-electron chi connectivity index (χ1n) is 8.66. The van der Waals surface area contributed by atoms with Crippen LogP contribution in [0.3, 0.4) is 0 Å². The van der Waals surface area contributed by atoms with Crippen molar-refractivity contribution in [2.24, 2.45) is 7.05 Å². The van der Waals surface area contributed by atoms with E-state index in [4.69, 9.17) is 0 Å². The quantitative estimate of drug-likeness (QED) is 0.664. The summed E-state index contributed by atoms with van der Waals surface area (Å²) in [5, 5.41) is 14.2. The van der Waals surface area contributed by atoms with E-state index in [0.717, 1.165) is 16.4 Å². The van der Waals surface area contributed by atoms with Gasteiger partial charge < -0.3 is 10.0 Å². The summed E-state index contributed by atoms with van der Waals surface area (Å²) < 4.78 is 2.05. The molecule has 0 unspecified atom stereocenters. The number of benzene rings is 2. The summed E-state index contributed by atoms with van der Waals surface area (Å²) in [6.07, 6.45) is 8.36. The molecule has 0 fully saturated rings. The van der Waals surface area contributed by atoms with Gasteiger partial charge in [-0.2, -0.15) is 4.57 Å². The van der Waals surface area contributed by atoms with Crippen LogP contribution in [0.25, 0.3) is 16.8 Å². The molecule has 0 atom stereocenters. The summed E-state index contributed by atoms with van der Waals surface area (Å²) in [7, 11) is 2.01. The Morgan fingerprint density at radius 1 is 1.19 bits per heavy atom. The standard InChI is InChI=1S/C21H21N2OS2/c1-3-23-20(10-6-9-19-22(2)13-16(14-24)25-19)26-18-12-11-15-7-4-5-8-17(15)21(18)23/h4-13,24H,3,14H2,1-2H3/q+1. The number of aliphatic hydroxyl groups is 1. The van der Waals surface area contributed by atoms with Gasteiger partial charge in [0.2, 0.25) is 0 Å². The fourth-order valence-electron chi connectivity index (χ4n) is 3.26. The van der Waals surface area contributed by atoms with E-state index >= 15 is 0 Å². The van der Waals surface area contributed by atoms with Crippen molar-refractivity contribution in [2.75, 3.05) is 11.4 Å². The van der Waals surface area contributed by atoms with Gasteiger partial charge in [0.15, 0.2) is 6.20 Å². The lowest BCUT2D eigenvalue weighted by Gasteiger charge is -2.19. The molecule has 2 heterocycles.